The summed E-state index contributed by atoms with van der Waals surface area (Å²) < 4.78 is 11.6. The smallest absolute Gasteiger partial charge is 0.231 e. The van der Waals surface area contributed by atoms with Crippen molar-refractivity contribution < 1.29 is 9.47 Å². The molecule has 0 radical (unpaired) electrons. The summed E-state index contributed by atoms with van der Waals surface area (Å²) >= 11 is 9.54. The van der Waals surface area contributed by atoms with Gasteiger partial charge in [0.1, 0.15) is 0 Å². The first kappa shape index (κ1) is 13.5. The number of hydrogen-bond donors (Lipinski definition) is 1. The van der Waals surface area contributed by atoms with Crippen LogP contribution in [-0.4, -0.2) is 11.8 Å². The maximum Gasteiger partial charge on any atom is 0.231 e. The number of pyridine rings is 1. The first-order valence-corrected chi connectivity index (χ1v) is 7.24. The van der Waals surface area contributed by atoms with Crippen molar-refractivity contribution >= 4 is 33.2 Å². The Labute approximate surface area is 130 Å². The third kappa shape index (κ3) is 2.69. The molecule has 4 nitrogen and oxygen atoms in total. The van der Waals surface area contributed by atoms with Crippen molar-refractivity contribution in [2.24, 2.45) is 0 Å². The van der Waals surface area contributed by atoms with Crippen LogP contribution in [0.25, 0.3) is 0 Å². The van der Waals surface area contributed by atoms with E-state index in [1.54, 1.807) is 6.20 Å². The molecule has 1 aliphatic heterocycles. The third-order valence-electron chi connectivity index (χ3n) is 2.95. The van der Waals surface area contributed by atoms with E-state index >= 15 is 0 Å². The van der Waals surface area contributed by atoms with Crippen LogP contribution in [0.5, 0.6) is 11.5 Å². The number of hydrogen-bond acceptors (Lipinski definition) is 4. The van der Waals surface area contributed by atoms with Gasteiger partial charge in [-0.05, 0) is 52.2 Å². The standard InChI is InChI=1S/C14H12BrClN2O2/c1-8-2-11(14(16)18-5-8)17-6-9-3-10(15)13-12(4-9)19-7-20-13/h2-5,17H,6-7H2,1H3. The Hall–Kier alpha value is -1.46. The van der Waals surface area contributed by atoms with Gasteiger partial charge in [-0.1, -0.05) is 11.6 Å². The Morgan fingerprint density at radius 3 is 3.05 bits per heavy atom. The summed E-state index contributed by atoms with van der Waals surface area (Å²) in [6.07, 6.45) is 1.74. The molecule has 0 bridgehead atoms. The SMILES string of the molecule is Cc1cnc(Cl)c(NCc2cc(Br)c3c(c2)OCO3)c1. The molecule has 1 aromatic heterocycles. The average Bonchev–Trinajstić information content (AvgIpc) is 2.89. The number of aryl methyl sites for hydroxylation is 1. The van der Waals surface area contributed by atoms with Crippen LogP contribution >= 0.6 is 27.5 Å². The van der Waals surface area contributed by atoms with Crippen LogP contribution < -0.4 is 14.8 Å². The topological polar surface area (TPSA) is 43.4 Å². The molecule has 1 N–H and O–H groups in total. The second-order valence-electron chi connectivity index (χ2n) is 4.52. The molecule has 0 spiro atoms. The molecule has 1 aliphatic rings. The average molecular weight is 356 g/mol. The van der Waals surface area contributed by atoms with Crippen molar-refractivity contribution in [1.82, 2.24) is 4.98 Å². The molecule has 0 saturated heterocycles. The third-order valence-corrected chi connectivity index (χ3v) is 3.84. The van der Waals surface area contributed by atoms with Crippen molar-refractivity contribution in [2.45, 2.75) is 13.5 Å². The summed E-state index contributed by atoms with van der Waals surface area (Å²) in [5.41, 5.74) is 2.95. The lowest BCUT2D eigenvalue weighted by Crippen LogP contribution is -2.01. The fourth-order valence-electron chi connectivity index (χ4n) is 2.00. The number of ether oxygens (including phenoxy) is 2. The zero-order valence-corrected chi connectivity index (χ0v) is 13.1. The van der Waals surface area contributed by atoms with Gasteiger partial charge in [0, 0.05) is 12.7 Å². The molecule has 0 unspecified atom stereocenters. The summed E-state index contributed by atoms with van der Waals surface area (Å²) in [6, 6.07) is 5.92. The highest BCUT2D eigenvalue weighted by atomic mass is 79.9. The lowest BCUT2D eigenvalue weighted by Gasteiger charge is -2.10. The van der Waals surface area contributed by atoms with Crippen LogP contribution in [0.4, 0.5) is 5.69 Å². The normalized spacial score (nSPS) is 12.6. The number of benzene rings is 1. The van der Waals surface area contributed by atoms with Gasteiger partial charge >= 0.3 is 0 Å². The maximum atomic E-state index is 6.06. The highest BCUT2D eigenvalue weighted by Crippen LogP contribution is 2.40. The molecular weight excluding hydrogens is 344 g/mol. The van der Waals surface area contributed by atoms with Gasteiger partial charge in [0.25, 0.3) is 0 Å². The van der Waals surface area contributed by atoms with Crippen molar-refractivity contribution in [2.75, 3.05) is 12.1 Å². The lowest BCUT2D eigenvalue weighted by atomic mass is 10.2. The lowest BCUT2D eigenvalue weighted by molar-refractivity contribution is 0.173. The van der Waals surface area contributed by atoms with E-state index in [9.17, 15) is 0 Å². The summed E-state index contributed by atoms with van der Waals surface area (Å²) in [5, 5.41) is 3.74. The molecule has 0 fully saturated rings. The molecule has 1 aromatic carbocycles. The van der Waals surface area contributed by atoms with Gasteiger partial charge in [-0.15, -0.1) is 0 Å². The van der Waals surface area contributed by atoms with E-state index in [0.29, 0.717) is 11.7 Å². The molecule has 0 saturated carbocycles. The first-order valence-electron chi connectivity index (χ1n) is 6.07. The van der Waals surface area contributed by atoms with Crippen LogP contribution in [-0.2, 0) is 6.54 Å². The molecule has 0 aliphatic carbocycles. The van der Waals surface area contributed by atoms with Crippen LogP contribution in [0.3, 0.4) is 0 Å². The minimum atomic E-state index is 0.262. The van der Waals surface area contributed by atoms with Gasteiger partial charge in [-0.2, -0.15) is 0 Å². The Balaban J connectivity index is 1.79. The number of nitrogens with zero attached hydrogens (tertiary/aromatic N) is 1. The molecule has 0 atom stereocenters. The van der Waals surface area contributed by atoms with E-state index in [-0.39, 0.29) is 6.79 Å². The molecule has 2 heterocycles. The fourth-order valence-corrected chi connectivity index (χ4v) is 2.77. The maximum absolute atomic E-state index is 6.06. The van der Waals surface area contributed by atoms with Crippen LogP contribution in [0.1, 0.15) is 11.1 Å². The first-order chi connectivity index (χ1) is 9.63. The molecule has 2 aromatic rings. The molecule has 0 amide bonds. The number of anilines is 1. The number of halogens is 2. The highest BCUT2D eigenvalue weighted by molar-refractivity contribution is 9.10. The van der Waals surface area contributed by atoms with Crippen molar-refractivity contribution in [1.29, 1.82) is 0 Å². The zero-order valence-electron chi connectivity index (χ0n) is 10.7. The van der Waals surface area contributed by atoms with Gasteiger partial charge < -0.3 is 14.8 Å². The second-order valence-corrected chi connectivity index (χ2v) is 5.73. The second kappa shape index (κ2) is 5.50. The highest BCUT2D eigenvalue weighted by Gasteiger charge is 2.17. The van der Waals surface area contributed by atoms with Gasteiger partial charge in [0.15, 0.2) is 16.7 Å². The monoisotopic (exact) mass is 354 g/mol. The predicted molar refractivity (Wildman–Crippen MR) is 81.6 cm³/mol. The zero-order chi connectivity index (χ0) is 14.1. The number of fused-ring (bicyclic) bond motifs is 1. The van der Waals surface area contributed by atoms with E-state index < -0.39 is 0 Å². The van der Waals surface area contributed by atoms with E-state index in [1.807, 2.05) is 25.1 Å². The molecule has 104 valence electrons. The van der Waals surface area contributed by atoms with E-state index in [1.165, 1.54) is 0 Å². The van der Waals surface area contributed by atoms with Crippen LogP contribution in [0.15, 0.2) is 28.9 Å². The number of rotatable bonds is 3. The Morgan fingerprint density at radius 2 is 2.20 bits per heavy atom. The molecule has 20 heavy (non-hydrogen) atoms. The number of nitrogens with one attached hydrogen (secondary N) is 1. The number of aromatic nitrogens is 1. The summed E-state index contributed by atoms with van der Waals surface area (Å²) in [5.74, 6) is 1.51. The largest absolute Gasteiger partial charge is 0.454 e. The summed E-state index contributed by atoms with van der Waals surface area (Å²) in [6.45, 7) is 2.87. The quantitative estimate of drug-likeness (QED) is 0.840. The molecule has 3 rings (SSSR count). The van der Waals surface area contributed by atoms with Crippen LogP contribution in [0, 0.1) is 6.92 Å². The van der Waals surface area contributed by atoms with Crippen molar-refractivity contribution in [3.63, 3.8) is 0 Å². The fraction of sp³-hybridized carbons (Fsp3) is 0.214. The van der Waals surface area contributed by atoms with Gasteiger partial charge in [0.05, 0.1) is 10.2 Å². The van der Waals surface area contributed by atoms with Crippen molar-refractivity contribution in [3.8, 4) is 11.5 Å². The minimum absolute atomic E-state index is 0.262. The van der Waals surface area contributed by atoms with Gasteiger partial charge in [-0.3, -0.25) is 0 Å². The van der Waals surface area contributed by atoms with E-state index in [4.69, 9.17) is 21.1 Å². The predicted octanol–water partition coefficient (Wildman–Crippen LogP) is 4.15. The summed E-state index contributed by atoms with van der Waals surface area (Å²) in [4.78, 5) is 4.12. The Morgan fingerprint density at radius 1 is 1.35 bits per heavy atom. The molecular formula is C14H12BrClN2O2. The van der Waals surface area contributed by atoms with E-state index in [2.05, 4.69) is 26.2 Å². The molecule has 6 heteroatoms. The Bertz CT molecular complexity index is 664. The van der Waals surface area contributed by atoms with Crippen LogP contribution in [0.2, 0.25) is 5.15 Å². The minimum Gasteiger partial charge on any atom is -0.454 e. The van der Waals surface area contributed by atoms with Gasteiger partial charge in [-0.25, -0.2) is 4.98 Å². The Kier molecular flexibility index (Phi) is 3.72. The van der Waals surface area contributed by atoms with Gasteiger partial charge in [0.2, 0.25) is 6.79 Å². The van der Waals surface area contributed by atoms with E-state index in [0.717, 1.165) is 32.8 Å². The van der Waals surface area contributed by atoms with Crippen molar-refractivity contribution in [3.05, 3.63) is 45.1 Å². The summed E-state index contributed by atoms with van der Waals surface area (Å²) in [7, 11) is 0.